The van der Waals surface area contributed by atoms with Crippen molar-refractivity contribution in [2.24, 2.45) is 0 Å². The van der Waals surface area contributed by atoms with Crippen molar-refractivity contribution in [2.75, 3.05) is 30.0 Å². The van der Waals surface area contributed by atoms with Gasteiger partial charge < -0.3 is 24.8 Å². The summed E-state index contributed by atoms with van der Waals surface area (Å²) < 4.78 is 21.5. The lowest BCUT2D eigenvalue weighted by atomic mass is 9.95. The zero-order chi connectivity index (χ0) is 29.2. The van der Waals surface area contributed by atoms with Crippen molar-refractivity contribution >= 4 is 23.2 Å². The second-order valence-corrected chi connectivity index (χ2v) is 10.7. The third-order valence-electron chi connectivity index (χ3n) is 7.89. The largest absolute Gasteiger partial charge is 0.363 e. The number of amides is 2. The molecule has 6 rings (SSSR count). The molecule has 1 atom stereocenters. The van der Waals surface area contributed by atoms with Gasteiger partial charge in [0.2, 0.25) is 5.91 Å². The number of carbonyl (C=O) groups is 2. The van der Waals surface area contributed by atoms with Crippen LogP contribution >= 0.6 is 0 Å². The number of aromatic amines is 1. The maximum absolute atomic E-state index is 13.5. The highest BCUT2D eigenvalue weighted by molar-refractivity contribution is 6.02. The molecule has 0 aliphatic carbocycles. The van der Waals surface area contributed by atoms with Crippen molar-refractivity contribution < 1.29 is 18.7 Å². The Morgan fingerprint density at radius 2 is 2.05 bits per heavy atom. The Morgan fingerprint density at radius 1 is 1.21 bits per heavy atom. The maximum atomic E-state index is 13.5. The number of H-pyrrole nitrogens is 1. The van der Waals surface area contributed by atoms with E-state index in [0.717, 1.165) is 45.9 Å². The summed E-state index contributed by atoms with van der Waals surface area (Å²) in [4.78, 5) is 32.0. The number of hydrogen-bond acceptors (Lipinski definition) is 5. The van der Waals surface area contributed by atoms with E-state index >= 15 is 0 Å². The average Bonchev–Trinajstić information content (AvgIpc) is 3.75. The fraction of sp³-hybridized carbons (Fsp3) is 0.281. The summed E-state index contributed by atoms with van der Waals surface area (Å²) in [5.41, 5.74) is 7.16. The molecule has 2 aliphatic heterocycles. The number of benzene rings is 2. The van der Waals surface area contributed by atoms with Gasteiger partial charge in [-0.15, -0.1) is 0 Å². The predicted molar refractivity (Wildman–Crippen MR) is 158 cm³/mol. The highest BCUT2D eigenvalue weighted by atomic mass is 19.1. The second kappa shape index (κ2) is 11.7. The Bertz CT molecular complexity index is 1610. The Labute approximate surface area is 243 Å². The number of nitrogens with one attached hydrogen (secondary N) is 2. The monoisotopic (exact) mass is 568 g/mol. The van der Waals surface area contributed by atoms with E-state index in [1.54, 1.807) is 29.3 Å². The third kappa shape index (κ3) is 5.45. The van der Waals surface area contributed by atoms with Crippen molar-refractivity contribution in [3.05, 3.63) is 113 Å². The molecule has 0 saturated carbocycles. The Kier molecular flexibility index (Phi) is 7.62. The maximum Gasteiger partial charge on any atom is 0.270 e. The van der Waals surface area contributed by atoms with Crippen molar-refractivity contribution in [1.82, 2.24) is 19.7 Å². The van der Waals surface area contributed by atoms with Crippen LogP contribution in [0.1, 0.15) is 51.4 Å². The summed E-state index contributed by atoms with van der Waals surface area (Å²) in [6.45, 7) is 8.30. The standard InChI is InChI=1S/C32H33FN6O3/c1-3-30(40)38-14-12-23-8-11-25(15-29(23)38)35-20-42-19-28-26-18-37(32(41)27-5-4-13-34-27)16-21(2)31(26)39(36-28)17-22-6-9-24(33)10-7-22/h3-11,13,15,21,34-35H,1,12,14,16-20H2,2H3. The van der Waals surface area contributed by atoms with Crippen LogP contribution in [-0.4, -0.2) is 51.3 Å². The average molecular weight is 569 g/mol. The van der Waals surface area contributed by atoms with Crippen LogP contribution in [-0.2, 0) is 35.6 Å². The lowest BCUT2D eigenvalue weighted by Gasteiger charge is -2.32. The molecule has 4 heterocycles. The Hall–Kier alpha value is -4.70. The SMILES string of the molecule is C=CC(=O)N1CCc2ccc(NCOCc3nn(Cc4ccc(F)cc4)c4c3CN(C(=O)c3ccc[nH]3)CC4C)cc21. The van der Waals surface area contributed by atoms with Crippen molar-refractivity contribution in [1.29, 1.82) is 0 Å². The van der Waals surface area contributed by atoms with Gasteiger partial charge in [0.05, 0.1) is 18.8 Å². The molecule has 0 spiro atoms. The number of aromatic nitrogens is 3. The first-order valence-electron chi connectivity index (χ1n) is 14.0. The molecular formula is C32H33FN6O3. The fourth-order valence-corrected chi connectivity index (χ4v) is 5.86. The first-order valence-corrected chi connectivity index (χ1v) is 14.0. The van der Waals surface area contributed by atoms with Gasteiger partial charge in [-0.25, -0.2) is 4.39 Å². The van der Waals surface area contributed by atoms with E-state index in [1.807, 2.05) is 33.8 Å². The number of fused-ring (bicyclic) bond motifs is 2. The lowest BCUT2D eigenvalue weighted by Crippen LogP contribution is -2.38. The van der Waals surface area contributed by atoms with E-state index in [9.17, 15) is 14.0 Å². The minimum Gasteiger partial charge on any atom is -0.363 e. The van der Waals surface area contributed by atoms with Crippen LogP contribution < -0.4 is 10.2 Å². The highest BCUT2D eigenvalue weighted by Gasteiger charge is 2.33. The van der Waals surface area contributed by atoms with Gasteiger partial charge in [0.25, 0.3) is 5.91 Å². The Balaban J connectivity index is 1.19. The number of ether oxygens (including phenoxy) is 1. The molecule has 2 aliphatic rings. The Morgan fingerprint density at radius 3 is 2.81 bits per heavy atom. The fourth-order valence-electron chi connectivity index (χ4n) is 5.86. The van der Waals surface area contributed by atoms with Gasteiger partial charge in [0, 0.05) is 54.4 Å². The van der Waals surface area contributed by atoms with Gasteiger partial charge in [0.1, 0.15) is 18.2 Å². The summed E-state index contributed by atoms with van der Waals surface area (Å²) in [6.07, 6.45) is 3.90. The summed E-state index contributed by atoms with van der Waals surface area (Å²) >= 11 is 0. The molecule has 10 heteroatoms. The number of rotatable bonds is 9. The molecule has 4 aromatic rings. The third-order valence-corrected chi connectivity index (χ3v) is 7.89. The molecule has 1 unspecified atom stereocenters. The molecule has 9 nitrogen and oxygen atoms in total. The van der Waals surface area contributed by atoms with Crippen LogP contribution in [0.25, 0.3) is 0 Å². The highest BCUT2D eigenvalue weighted by Crippen LogP contribution is 2.33. The number of carbonyl (C=O) groups excluding carboxylic acids is 2. The molecule has 2 amide bonds. The molecule has 42 heavy (non-hydrogen) atoms. The van der Waals surface area contributed by atoms with Crippen LogP contribution in [0.2, 0.25) is 0 Å². The predicted octanol–water partition coefficient (Wildman–Crippen LogP) is 4.82. The molecule has 2 aromatic carbocycles. The van der Waals surface area contributed by atoms with Crippen molar-refractivity contribution in [2.45, 2.75) is 39.0 Å². The molecule has 2 aromatic heterocycles. The van der Waals surface area contributed by atoms with Crippen molar-refractivity contribution in [3.8, 4) is 0 Å². The van der Waals surface area contributed by atoms with Crippen LogP contribution in [0.5, 0.6) is 0 Å². The molecule has 0 saturated heterocycles. The number of nitrogens with zero attached hydrogens (tertiary/aromatic N) is 4. The van der Waals surface area contributed by atoms with E-state index in [4.69, 9.17) is 9.84 Å². The smallest absolute Gasteiger partial charge is 0.270 e. The van der Waals surface area contributed by atoms with E-state index < -0.39 is 0 Å². The summed E-state index contributed by atoms with van der Waals surface area (Å²) in [6, 6.07) is 16.0. The summed E-state index contributed by atoms with van der Waals surface area (Å²) in [7, 11) is 0. The second-order valence-electron chi connectivity index (χ2n) is 10.7. The number of halogens is 1. The molecule has 0 fully saturated rings. The molecule has 0 radical (unpaired) electrons. The van der Waals surface area contributed by atoms with Gasteiger partial charge >= 0.3 is 0 Å². The van der Waals surface area contributed by atoms with E-state index in [-0.39, 0.29) is 36.9 Å². The van der Waals surface area contributed by atoms with Gasteiger partial charge in [0.15, 0.2) is 0 Å². The zero-order valence-electron chi connectivity index (χ0n) is 23.5. The molecule has 0 bridgehead atoms. The van der Waals surface area contributed by atoms with E-state index in [0.29, 0.717) is 31.9 Å². The minimum absolute atomic E-state index is 0.0418. The van der Waals surface area contributed by atoms with Crippen LogP contribution in [0.3, 0.4) is 0 Å². The quantitative estimate of drug-likeness (QED) is 0.172. The van der Waals surface area contributed by atoms with Gasteiger partial charge in [-0.2, -0.15) is 5.10 Å². The topological polar surface area (TPSA) is 95.5 Å². The van der Waals surface area contributed by atoms with Crippen LogP contribution in [0.15, 0.2) is 73.4 Å². The van der Waals surface area contributed by atoms with E-state index in [1.165, 1.54) is 18.2 Å². The van der Waals surface area contributed by atoms with Gasteiger partial charge in [-0.3, -0.25) is 14.3 Å². The molecular weight excluding hydrogens is 535 g/mol. The minimum atomic E-state index is -0.280. The van der Waals surface area contributed by atoms with E-state index in [2.05, 4.69) is 23.8 Å². The first kappa shape index (κ1) is 27.5. The molecule has 2 N–H and O–H groups in total. The zero-order valence-corrected chi connectivity index (χ0v) is 23.5. The van der Waals surface area contributed by atoms with Gasteiger partial charge in [-0.05, 0) is 60.0 Å². The van der Waals surface area contributed by atoms with Crippen molar-refractivity contribution in [3.63, 3.8) is 0 Å². The van der Waals surface area contributed by atoms with Crippen LogP contribution in [0, 0.1) is 5.82 Å². The molecule has 216 valence electrons. The van der Waals surface area contributed by atoms with Crippen LogP contribution in [0.4, 0.5) is 15.8 Å². The summed E-state index contributed by atoms with van der Waals surface area (Å²) in [5.74, 6) is -0.405. The normalized spacial score (nSPS) is 15.8. The summed E-state index contributed by atoms with van der Waals surface area (Å²) in [5, 5.41) is 8.20. The number of anilines is 2. The first-order chi connectivity index (χ1) is 20.4. The number of hydrogen-bond donors (Lipinski definition) is 2. The van der Waals surface area contributed by atoms with Gasteiger partial charge in [-0.1, -0.05) is 31.7 Å². The lowest BCUT2D eigenvalue weighted by molar-refractivity contribution is -0.114.